The number of alkyl halides is 3. The summed E-state index contributed by atoms with van der Waals surface area (Å²) >= 11 is 0. The standard InChI is InChI=1S/C12H13F3O4/c1-7(16)18-9-4-2-3-5-11(9)8(17)6-10(19-11)12(13,14)15/h6,9H,2-5H2,1H3. The number of hydrogen-bond acceptors (Lipinski definition) is 4. The van der Waals surface area contributed by atoms with Crippen molar-refractivity contribution < 1.29 is 32.2 Å². The van der Waals surface area contributed by atoms with E-state index in [1.54, 1.807) is 0 Å². The van der Waals surface area contributed by atoms with Crippen molar-refractivity contribution in [3.63, 3.8) is 0 Å². The third-order valence-corrected chi connectivity index (χ3v) is 3.34. The maximum atomic E-state index is 12.6. The van der Waals surface area contributed by atoms with Gasteiger partial charge in [0.25, 0.3) is 0 Å². The number of allylic oxidation sites excluding steroid dienone is 1. The number of carbonyl (C=O) groups is 2. The van der Waals surface area contributed by atoms with Crippen molar-refractivity contribution in [2.75, 3.05) is 0 Å². The lowest BCUT2D eigenvalue weighted by atomic mass is 9.79. The van der Waals surface area contributed by atoms with Crippen LogP contribution in [0.2, 0.25) is 0 Å². The molecule has 0 radical (unpaired) electrons. The predicted octanol–water partition coefficient (Wildman–Crippen LogP) is 2.28. The molecule has 0 amide bonds. The third kappa shape index (κ3) is 2.46. The molecule has 0 aromatic heterocycles. The normalized spacial score (nSPS) is 31.1. The molecular weight excluding hydrogens is 265 g/mol. The summed E-state index contributed by atoms with van der Waals surface area (Å²) in [5.41, 5.74) is -1.69. The van der Waals surface area contributed by atoms with Gasteiger partial charge in [0.15, 0.2) is 0 Å². The van der Waals surface area contributed by atoms with Crippen molar-refractivity contribution in [3.8, 4) is 0 Å². The molecule has 2 rings (SSSR count). The minimum atomic E-state index is -4.71. The van der Waals surface area contributed by atoms with E-state index in [-0.39, 0.29) is 6.42 Å². The summed E-state index contributed by atoms with van der Waals surface area (Å²) in [4.78, 5) is 22.9. The quantitative estimate of drug-likeness (QED) is 0.690. The molecular formula is C12H13F3O4. The van der Waals surface area contributed by atoms with Crippen molar-refractivity contribution in [2.45, 2.75) is 50.5 Å². The second-order valence-corrected chi connectivity index (χ2v) is 4.71. The van der Waals surface area contributed by atoms with Gasteiger partial charge in [-0.3, -0.25) is 9.59 Å². The first-order chi connectivity index (χ1) is 8.75. The predicted molar refractivity (Wildman–Crippen MR) is 57.0 cm³/mol. The molecule has 0 N–H and O–H groups in total. The first-order valence-electron chi connectivity index (χ1n) is 5.95. The first kappa shape index (κ1) is 13.9. The Balaban J connectivity index is 2.27. The van der Waals surface area contributed by atoms with Gasteiger partial charge in [0.1, 0.15) is 6.10 Å². The summed E-state index contributed by atoms with van der Waals surface area (Å²) < 4.78 is 47.7. The van der Waals surface area contributed by atoms with Crippen LogP contribution in [0.3, 0.4) is 0 Å². The Kier molecular flexibility index (Phi) is 3.32. The summed E-state index contributed by atoms with van der Waals surface area (Å²) in [6.07, 6.45) is -3.52. The van der Waals surface area contributed by atoms with Gasteiger partial charge in [-0.15, -0.1) is 0 Å². The molecule has 2 aliphatic rings. The van der Waals surface area contributed by atoms with Gasteiger partial charge in [0.2, 0.25) is 17.1 Å². The van der Waals surface area contributed by atoms with E-state index in [2.05, 4.69) is 0 Å². The van der Waals surface area contributed by atoms with E-state index in [4.69, 9.17) is 9.47 Å². The highest BCUT2D eigenvalue weighted by Gasteiger charge is 2.58. The van der Waals surface area contributed by atoms with Gasteiger partial charge in [-0.2, -0.15) is 13.2 Å². The number of hydrogen-bond donors (Lipinski definition) is 0. The summed E-state index contributed by atoms with van der Waals surface area (Å²) in [7, 11) is 0. The zero-order valence-corrected chi connectivity index (χ0v) is 10.3. The number of rotatable bonds is 1. The fourth-order valence-electron chi connectivity index (χ4n) is 2.52. The molecule has 4 nitrogen and oxygen atoms in total. The van der Waals surface area contributed by atoms with Crippen LogP contribution in [0.5, 0.6) is 0 Å². The van der Waals surface area contributed by atoms with Crippen LogP contribution in [0.4, 0.5) is 13.2 Å². The minimum Gasteiger partial charge on any atom is -0.470 e. The number of carbonyl (C=O) groups excluding carboxylic acids is 2. The van der Waals surface area contributed by atoms with Crippen LogP contribution in [0.25, 0.3) is 0 Å². The molecule has 0 aromatic rings. The maximum Gasteiger partial charge on any atom is 0.449 e. The highest BCUT2D eigenvalue weighted by Crippen LogP contribution is 2.44. The lowest BCUT2D eigenvalue weighted by Gasteiger charge is -2.38. The molecule has 2 atom stereocenters. The van der Waals surface area contributed by atoms with Crippen molar-refractivity contribution >= 4 is 11.8 Å². The molecule has 0 saturated heterocycles. The molecule has 19 heavy (non-hydrogen) atoms. The summed E-state index contributed by atoms with van der Waals surface area (Å²) in [6.45, 7) is 1.15. The van der Waals surface area contributed by atoms with E-state index in [0.717, 1.165) is 6.92 Å². The molecule has 2 unspecified atom stereocenters. The molecule has 1 spiro atoms. The van der Waals surface area contributed by atoms with E-state index >= 15 is 0 Å². The second kappa shape index (κ2) is 4.54. The third-order valence-electron chi connectivity index (χ3n) is 3.34. The molecule has 106 valence electrons. The summed E-state index contributed by atoms with van der Waals surface area (Å²) in [6, 6.07) is 0. The monoisotopic (exact) mass is 278 g/mol. The van der Waals surface area contributed by atoms with Crippen molar-refractivity contribution in [3.05, 3.63) is 11.8 Å². The Morgan fingerprint density at radius 1 is 1.47 bits per heavy atom. The maximum absolute atomic E-state index is 12.6. The zero-order chi connectivity index (χ0) is 14.3. The molecule has 7 heteroatoms. The van der Waals surface area contributed by atoms with Gasteiger partial charge in [0.05, 0.1) is 0 Å². The van der Waals surface area contributed by atoms with Gasteiger partial charge < -0.3 is 9.47 Å². The van der Waals surface area contributed by atoms with Crippen LogP contribution >= 0.6 is 0 Å². The number of esters is 1. The average molecular weight is 278 g/mol. The molecule has 1 aliphatic carbocycles. The van der Waals surface area contributed by atoms with Crippen LogP contribution in [0, 0.1) is 0 Å². The largest absolute Gasteiger partial charge is 0.470 e. The van der Waals surface area contributed by atoms with Crippen molar-refractivity contribution in [2.24, 2.45) is 0 Å². The molecule has 0 bridgehead atoms. The van der Waals surface area contributed by atoms with Crippen LogP contribution in [0.1, 0.15) is 32.6 Å². The summed E-state index contributed by atoms with van der Waals surface area (Å²) in [5, 5.41) is 0. The SMILES string of the molecule is CC(=O)OC1CCCCC12OC(C(F)(F)F)=CC2=O. The van der Waals surface area contributed by atoms with Crippen LogP contribution in [-0.4, -0.2) is 29.6 Å². The fraction of sp³-hybridized carbons (Fsp3) is 0.667. The zero-order valence-electron chi connectivity index (χ0n) is 10.3. The van der Waals surface area contributed by atoms with E-state index in [1.807, 2.05) is 0 Å². The van der Waals surface area contributed by atoms with Gasteiger partial charge in [-0.05, 0) is 25.7 Å². The molecule has 1 heterocycles. The lowest BCUT2D eigenvalue weighted by molar-refractivity contribution is -0.190. The Morgan fingerprint density at radius 3 is 2.68 bits per heavy atom. The Labute approximate surface area is 107 Å². The van der Waals surface area contributed by atoms with Crippen LogP contribution in [0.15, 0.2) is 11.8 Å². The fourth-order valence-corrected chi connectivity index (χ4v) is 2.52. The van der Waals surface area contributed by atoms with E-state index in [9.17, 15) is 22.8 Å². The smallest absolute Gasteiger partial charge is 0.449 e. The number of ketones is 1. The molecule has 1 saturated carbocycles. The highest BCUT2D eigenvalue weighted by atomic mass is 19.4. The van der Waals surface area contributed by atoms with Crippen molar-refractivity contribution in [1.82, 2.24) is 0 Å². The van der Waals surface area contributed by atoms with E-state index < -0.39 is 35.4 Å². The van der Waals surface area contributed by atoms with Crippen molar-refractivity contribution in [1.29, 1.82) is 0 Å². The second-order valence-electron chi connectivity index (χ2n) is 4.71. The van der Waals surface area contributed by atoms with E-state index in [0.29, 0.717) is 25.3 Å². The minimum absolute atomic E-state index is 0.125. The molecule has 1 aliphatic heterocycles. The molecule has 0 aromatic carbocycles. The first-order valence-corrected chi connectivity index (χ1v) is 5.95. The van der Waals surface area contributed by atoms with Crippen LogP contribution in [-0.2, 0) is 19.1 Å². The van der Waals surface area contributed by atoms with Crippen LogP contribution < -0.4 is 0 Å². The molecule has 1 fully saturated rings. The Hall–Kier alpha value is -1.53. The summed E-state index contributed by atoms with van der Waals surface area (Å²) in [5.74, 6) is -2.72. The lowest BCUT2D eigenvalue weighted by Crippen LogP contribution is -2.52. The topological polar surface area (TPSA) is 52.6 Å². The average Bonchev–Trinajstić information content (AvgIpc) is 2.60. The Bertz CT molecular complexity index is 441. The number of halogens is 3. The van der Waals surface area contributed by atoms with Gasteiger partial charge >= 0.3 is 12.1 Å². The van der Waals surface area contributed by atoms with Gasteiger partial charge in [0, 0.05) is 13.0 Å². The number of ether oxygens (including phenoxy) is 2. The van der Waals surface area contributed by atoms with E-state index in [1.165, 1.54) is 0 Å². The Morgan fingerprint density at radius 2 is 2.16 bits per heavy atom. The van der Waals surface area contributed by atoms with Gasteiger partial charge in [-0.25, -0.2) is 0 Å². The highest BCUT2D eigenvalue weighted by molar-refractivity contribution is 6.00. The van der Waals surface area contributed by atoms with Gasteiger partial charge in [-0.1, -0.05) is 0 Å².